The van der Waals surface area contributed by atoms with E-state index in [4.69, 9.17) is 9.84 Å². The fourth-order valence-electron chi connectivity index (χ4n) is 2.34. The molecule has 1 aromatic carbocycles. The number of non-ortho nitro benzene ring substituents is 1. The number of nitro groups is 1. The van der Waals surface area contributed by atoms with Crippen LogP contribution in [0.4, 0.5) is 5.69 Å². The number of carbonyl (C=O) groups is 1. The van der Waals surface area contributed by atoms with Gasteiger partial charge in [-0.15, -0.1) is 0 Å². The van der Waals surface area contributed by atoms with Gasteiger partial charge >= 0.3 is 5.97 Å². The molecule has 1 fully saturated rings. The number of hydrogen-bond donors (Lipinski definition) is 1. The zero-order valence-corrected chi connectivity index (χ0v) is 11.6. The number of piperidine rings is 1. The Hall–Kier alpha value is -2.15. The predicted molar refractivity (Wildman–Crippen MR) is 75.4 cm³/mol. The van der Waals surface area contributed by atoms with Crippen molar-refractivity contribution in [1.82, 2.24) is 4.90 Å². The lowest BCUT2D eigenvalue weighted by Crippen LogP contribution is -2.39. The van der Waals surface area contributed by atoms with Crippen LogP contribution in [0, 0.1) is 10.1 Å². The molecule has 0 amide bonds. The Balaban J connectivity index is 1.78. The molecule has 114 valence electrons. The average Bonchev–Trinajstić information content (AvgIpc) is 2.47. The summed E-state index contributed by atoms with van der Waals surface area (Å²) in [5, 5.41) is 19.2. The Morgan fingerprint density at radius 1 is 1.33 bits per heavy atom. The van der Waals surface area contributed by atoms with Crippen LogP contribution in [0.5, 0.6) is 5.75 Å². The molecule has 0 bridgehead atoms. The van der Waals surface area contributed by atoms with Gasteiger partial charge in [0.2, 0.25) is 0 Å². The Bertz CT molecular complexity index is 495. The van der Waals surface area contributed by atoms with E-state index in [0.29, 0.717) is 12.3 Å². The number of carboxylic acid groups (broad SMARTS) is 1. The third-order valence-corrected chi connectivity index (χ3v) is 3.53. The van der Waals surface area contributed by atoms with Gasteiger partial charge in [0, 0.05) is 31.8 Å². The molecule has 1 heterocycles. The molecule has 0 aromatic heterocycles. The zero-order chi connectivity index (χ0) is 15.2. The summed E-state index contributed by atoms with van der Waals surface area (Å²) >= 11 is 0. The summed E-state index contributed by atoms with van der Waals surface area (Å²) < 4.78 is 5.80. The fourth-order valence-corrected chi connectivity index (χ4v) is 2.34. The molecule has 7 nitrogen and oxygen atoms in total. The Morgan fingerprint density at radius 3 is 2.48 bits per heavy atom. The molecule has 0 radical (unpaired) electrons. The second kappa shape index (κ2) is 7.03. The molecular formula is C14H18N2O5. The molecule has 1 aliphatic heterocycles. The van der Waals surface area contributed by atoms with Crippen LogP contribution in [0.15, 0.2) is 24.3 Å². The first-order valence-corrected chi connectivity index (χ1v) is 6.90. The lowest BCUT2D eigenvalue weighted by molar-refractivity contribution is -0.384. The molecule has 21 heavy (non-hydrogen) atoms. The van der Waals surface area contributed by atoms with Crippen LogP contribution < -0.4 is 4.74 Å². The highest BCUT2D eigenvalue weighted by molar-refractivity contribution is 5.66. The fraction of sp³-hybridized carbons (Fsp3) is 0.500. The highest BCUT2D eigenvalue weighted by Gasteiger charge is 2.21. The lowest BCUT2D eigenvalue weighted by atomic mass is 10.1. The van der Waals surface area contributed by atoms with Crippen LogP contribution in [-0.2, 0) is 4.79 Å². The summed E-state index contributed by atoms with van der Waals surface area (Å²) in [4.78, 5) is 22.8. The van der Waals surface area contributed by atoms with Crippen molar-refractivity contribution >= 4 is 11.7 Å². The Kier molecular flexibility index (Phi) is 5.10. The molecular weight excluding hydrogens is 276 g/mol. The summed E-state index contributed by atoms with van der Waals surface area (Å²) in [6.07, 6.45) is 1.90. The number of likely N-dealkylation sites (tertiary alicyclic amines) is 1. The van der Waals surface area contributed by atoms with Crippen LogP contribution in [0.2, 0.25) is 0 Å². The number of ether oxygens (including phenoxy) is 1. The van der Waals surface area contributed by atoms with E-state index >= 15 is 0 Å². The molecule has 0 saturated carbocycles. The first-order valence-electron chi connectivity index (χ1n) is 6.90. The van der Waals surface area contributed by atoms with Gasteiger partial charge in [0.1, 0.15) is 11.9 Å². The van der Waals surface area contributed by atoms with Crippen molar-refractivity contribution in [2.75, 3.05) is 19.6 Å². The molecule has 0 aliphatic carbocycles. The van der Waals surface area contributed by atoms with Crippen molar-refractivity contribution < 1.29 is 19.6 Å². The summed E-state index contributed by atoms with van der Waals surface area (Å²) in [6, 6.07) is 6.07. The van der Waals surface area contributed by atoms with E-state index in [1.807, 2.05) is 0 Å². The molecule has 1 saturated heterocycles. The summed E-state index contributed by atoms with van der Waals surface area (Å²) in [5.41, 5.74) is 0.0471. The summed E-state index contributed by atoms with van der Waals surface area (Å²) in [7, 11) is 0. The monoisotopic (exact) mass is 294 g/mol. The number of rotatable bonds is 6. The average molecular weight is 294 g/mol. The van der Waals surface area contributed by atoms with Gasteiger partial charge in [0.05, 0.1) is 11.3 Å². The van der Waals surface area contributed by atoms with Gasteiger partial charge in [0.15, 0.2) is 0 Å². The molecule has 0 atom stereocenters. The third-order valence-electron chi connectivity index (χ3n) is 3.53. The second-order valence-corrected chi connectivity index (χ2v) is 5.05. The van der Waals surface area contributed by atoms with Crippen LogP contribution in [0.1, 0.15) is 19.3 Å². The van der Waals surface area contributed by atoms with E-state index in [1.54, 1.807) is 12.1 Å². The smallest absolute Gasteiger partial charge is 0.304 e. The third kappa shape index (κ3) is 4.71. The SMILES string of the molecule is O=C(O)CCN1CCC(Oc2ccc([N+](=O)[O-])cc2)CC1. The Labute approximate surface area is 122 Å². The number of nitro benzene ring substituents is 1. The van der Waals surface area contributed by atoms with Crippen molar-refractivity contribution in [1.29, 1.82) is 0 Å². The van der Waals surface area contributed by atoms with Crippen LogP contribution in [0.25, 0.3) is 0 Å². The molecule has 7 heteroatoms. The van der Waals surface area contributed by atoms with E-state index in [9.17, 15) is 14.9 Å². The number of nitrogens with zero attached hydrogens (tertiary/aromatic N) is 2. The topological polar surface area (TPSA) is 92.9 Å². The van der Waals surface area contributed by atoms with E-state index in [0.717, 1.165) is 25.9 Å². The number of carboxylic acids is 1. The van der Waals surface area contributed by atoms with Crippen LogP contribution in [-0.4, -0.2) is 46.6 Å². The number of hydrogen-bond acceptors (Lipinski definition) is 5. The maximum atomic E-state index is 10.6. The van der Waals surface area contributed by atoms with Crippen LogP contribution >= 0.6 is 0 Å². The van der Waals surface area contributed by atoms with Gasteiger partial charge in [-0.1, -0.05) is 0 Å². The quantitative estimate of drug-likeness (QED) is 0.636. The van der Waals surface area contributed by atoms with Crippen molar-refractivity contribution in [3.05, 3.63) is 34.4 Å². The maximum Gasteiger partial charge on any atom is 0.304 e. The van der Waals surface area contributed by atoms with E-state index in [1.165, 1.54) is 12.1 Å². The summed E-state index contributed by atoms with van der Waals surface area (Å²) in [6.45, 7) is 2.19. The van der Waals surface area contributed by atoms with Crippen molar-refractivity contribution in [3.63, 3.8) is 0 Å². The minimum Gasteiger partial charge on any atom is -0.490 e. The van der Waals surface area contributed by atoms with E-state index in [2.05, 4.69) is 4.90 Å². The van der Waals surface area contributed by atoms with E-state index in [-0.39, 0.29) is 18.2 Å². The molecule has 0 spiro atoms. The zero-order valence-electron chi connectivity index (χ0n) is 11.6. The first kappa shape index (κ1) is 15.2. The van der Waals surface area contributed by atoms with Gasteiger partial charge in [-0.2, -0.15) is 0 Å². The first-order chi connectivity index (χ1) is 10.0. The number of benzene rings is 1. The largest absolute Gasteiger partial charge is 0.490 e. The summed E-state index contributed by atoms with van der Waals surface area (Å²) in [5.74, 6) is -0.149. The van der Waals surface area contributed by atoms with Crippen LogP contribution in [0.3, 0.4) is 0 Å². The standard InChI is InChI=1S/C14H18N2O5/c17-14(18)7-10-15-8-5-13(6-9-15)21-12-3-1-11(2-4-12)16(19)20/h1-4,13H,5-10H2,(H,17,18). The van der Waals surface area contributed by atoms with Gasteiger partial charge < -0.3 is 14.7 Å². The molecule has 1 aliphatic rings. The normalized spacial score (nSPS) is 16.6. The van der Waals surface area contributed by atoms with E-state index < -0.39 is 10.9 Å². The van der Waals surface area contributed by atoms with Gasteiger partial charge in [-0.25, -0.2) is 0 Å². The Morgan fingerprint density at radius 2 is 1.95 bits per heavy atom. The molecule has 2 rings (SSSR count). The van der Waals surface area contributed by atoms with Crippen molar-refractivity contribution in [2.24, 2.45) is 0 Å². The maximum absolute atomic E-state index is 10.6. The van der Waals surface area contributed by atoms with Crippen molar-refractivity contribution in [3.8, 4) is 5.75 Å². The van der Waals surface area contributed by atoms with Crippen molar-refractivity contribution in [2.45, 2.75) is 25.4 Å². The number of aliphatic carboxylic acids is 1. The minimum atomic E-state index is -0.778. The predicted octanol–water partition coefficient (Wildman–Crippen LogP) is 1.91. The van der Waals surface area contributed by atoms with Gasteiger partial charge in [-0.05, 0) is 25.0 Å². The lowest BCUT2D eigenvalue weighted by Gasteiger charge is -2.31. The highest BCUT2D eigenvalue weighted by Crippen LogP contribution is 2.21. The molecule has 1 aromatic rings. The van der Waals surface area contributed by atoms with Gasteiger partial charge in [-0.3, -0.25) is 14.9 Å². The molecule has 0 unspecified atom stereocenters. The highest BCUT2D eigenvalue weighted by atomic mass is 16.6. The minimum absolute atomic E-state index is 0.0471. The van der Waals surface area contributed by atoms with Gasteiger partial charge in [0.25, 0.3) is 5.69 Å². The molecule has 1 N–H and O–H groups in total. The second-order valence-electron chi connectivity index (χ2n) is 5.05.